The molecule has 1 N–H and O–H groups in total. The first kappa shape index (κ1) is 15.5. The topological polar surface area (TPSA) is 53.9 Å². The van der Waals surface area contributed by atoms with E-state index < -0.39 is 0 Å². The average Bonchev–Trinajstić information content (AvgIpc) is 3.00. The normalized spacial score (nSPS) is 14.9. The van der Waals surface area contributed by atoms with Gasteiger partial charge in [0, 0.05) is 13.1 Å². The predicted octanol–water partition coefficient (Wildman–Crippen LogP) is 2.70. The van der Waals surface area contributed by atoms with E-state index in [0.717, 1.165) is 24.5 Å². The number of nitrogens with one attached hydrogen (secondary N) is 1. The van der Waals surface area contributed by atoms with Gasteiger partial charge in [-0.25, -0.2) is 4.79 Å². The summed E-state index contributed by atoms with van der Waals surface area (Å²) in [5.41, 5.74) is 2.12. The van der Waals surface area contributed by atoms with E-state index >= 15 is 0 Å². The molecule has 0 saturated carbocycles. The molecule has 5 nitrogen and oxygen atoms in total. The van der Waals surface area contributed by atoms with Crippen LogP contribution in [0.1, 0.15) is 30.1 Å². The maximum absolute atomic E-state index is 11.8. The van der Waals surface area contributed by atoms with Gasteiger partial charge in [0.2, 0.25) is 0 Å². The maximum atomic E-state index is 11.8. The molecule has 1 fully saturated rings. The molecule has 0 aliphatic carbocycles. The molecule has 0 amide bonds. The fourth-order valence-electron chi connectivity index (χ4n) is 2.51. The molecule has 1 aromatic carbocycles. The number of aliphatic imine (C=N–C) groups is 1. The van der Waals surface area contributed by atoms with E-state index in [9.17, 15) is 4.79 Å². The van der Waals surface area contributed by atoms with E-state index in [4.69, 9.17) is 4.74 Å². The highest BCUT2D eigenvalue weighted by Gasteiger charge is 2.12. The lowest BCUT2D eigenvalue weighted by molar-refractivity contribution is 0.0526. The Morgan fingerprint density at radius 1 is 1.43 bits per heavy atom. The molecule has 1 aliphatic heterocycles. The van der Waals surface area contributed by atoms with E-state index in [-0.39, 0.29) is 5.97 Å². The second-order valence-electron chi connectivity index (χ2n) is 5.09. The summed E-state index contributed by atoms with van der Waals surface area (Å²) < 4.78 is 5.02. The van der Waals surface area contributed by atoms with Gasteiger partial charge in [-0.05, 0) is 57.8 Å². The molecule has 0 radical (unpaired) electrons. The highest BCUT2D eigenvalue weighted by Crippen LogP contribution is 2.26. The van der Waals surface area contributed by atoms with Crippen molar-refractivity contribution in [2.45, 2.75) is 19.8 Å². The lowest BCUT2D eigenvalue weighted by atomic mass is 10.1. The van der Waals surface area contributed by atoms with Gasteiger partial charge in [-0.15, -0.1) is 0 Å². The van der Waals surface area contributed by atoms with E-state index in [1.165, 1.54) is 25.9 Å². The van der Waals surface area contributed by atoms with Gasteiger partial charge >= 0.3 is 5.97 Å². The standard InChI is InChI=1S/C16H23N3O2/c1-3-21-16(20)13-6-7-14(17-2)15(12-13)18-8-11-19-9-4-5-10-19/h6-7,12,18H,2-5,8-11H2,1H3. The number of hydrogen-bond donors (Lipinski definition) is 1. The number of rotatable bonds is 7. The molecular weight excluding hydrogens is 266 g/mol. The number of carbonyl (C=O) groups is 1. The highest BCUT2D eigenvalue weighted by molar-refractivity contribution is 5.92. The molecule has 0 atom stereocenters. The third kappa shape index (κ3) is 4.29. The molecule has 114 valence electrons. The predicted molar refractivity (Wildman–Crippen MR) is 85.8 cm³/mol. The molecule has 5 heteroatoms. The molecular formula is C16H23N3O2. The van der Waals surface area contributed by atoms with Gasteiger partial charge in [0.25, 0.3) is 0 Å². The minimum absolute atomic E-state index is 0.310. The Morgan fingerprint density at radius 3 is 2.86 bits per heavy atom. The average molecular weight is 289 g/mol. The monoisotopic (exact) mass is 289 g/mol. The number of hydrogen-bond acceptors (Lipinski definition) is 5. The van der Waals surface area contributed by atoms with Crippen LogP contribution in [0.5, 0.6) is 0 Å². The number of carbonyl (C=O) groups excluding carboxylic acids is 1. The Kier molecular flexibility index (Phi) is 5.75. The Labute approximate surface area is 126 Å². The van der Waals surface area contributed by atoms with Crippen molar-refractivity contribution in [1.29, 1.82) is 0 Å². The van der Waals surface area contributed by atoms with E-state index in [0.29, 0.717) is 12.2 Å². The second-order valence-corrected chi connectivity index (χ2v) is 5.09. The van der Waals surface area contributed by atoms with Crippen LogP contribution in [0, 0.1) is 0 Å². The number of esters is 1. The zero-order chi connectivity index (χ0) is 15.1. The highest BCUT2D eigenvalue weighted by atomic mass is 16.5. The van der Waals surface area contributed by atoms with Crippen molar-refractivity contribution in [2.75, 3.05) is 38.1 Å². The van der Waals surface area contributed by atoms with Gasteiger partial charge in [0.1, 0.15) is 0 Å². The summed E-state index contributed by atoms with van der Waals surface area (Å²) in [6.07, 6.45) is 2.58. The zero-order valence-corrected chi connectivity index (χ0v) is 12.6. The molecule has 1 saturated heterocycles. The zero-order valence-electron chi connectivity index (χ0n) is 12.6. The molecule has 0 bridgehead atoms. The van der Waals surface area contributed by atoms with Crippen LogP contribution in [0.15, 0.2) is 23.2 Å². The number of ether oxygens (including phenoxy) is 1. The van der Waals surface area contributed by atoms with Gasteiger partial charge in [0.05, 0.1) is 23.5 Å². The van der Waals surface area contributed by atoms with E-state index in [1.807, 2.05) is 0 Å². The van der Waals surface area contributed by atoms with E-state index in [1.54, 1.807) is 25.1 Å². The van der Waals surface area contributed by atoms with Crippen molar-refractivity contribution in [2.24, 2.45) is 4.99 Å². The summed E-state index contributed by atoms with van der Waals surface area (Å²) in [4.78, 5) is 18.2. The fourth-order valence-corrected chi connectivity index (χ4v) is 2.51. The van der Waals surface area contributed by atoms with Crippen molar-refractivity contribution >= 4 is 24.1 Å². The third-order valence-corrected chi connectivity index (χ3v) is 3.62. The molecule has 1 aliphatic rings. The molecule has 2 rings (SSSR count). The van der Waals surface area contributed by atoms with Crippen LogP contribution in [0.25, 0.3) is 0 Å². The first-order valence-corrected chi connectivity index (χ1v) is 7.48. The fraction of sp³-hybridized carbons (Fsp3) is 0.500. The number of anilines is 1. The first-order chi connectivity index (χ1) is 10.2. The molecule has 0 unspecified atom stereocenters. The van der Waals surface area contributed by atoms with Crippen LogP contribution >= 0.6 is 0 Å². The minimum Gasteiger partial charge on any atom is -0.462 e. The van der Waals surface area contributed by atoms with Crippen LogP contribution in [0.4, 0.5) is 11.4 Å². The van der Waals surface area contributed by atoms with Crippen LogP contribution < -0.4 is 5.32 Å². The largest absolute Gasteiger partial charge is 0.462 e. The SMILES string of the molecule is C=Nc1ccc(C(=O)OCC)cc1NCCN1CCCC1. The molecule has 21 heavy (non-hydrogen) atoms. The lowest BCUT2D eigenvalue weighted by Crippen LogP contribution is -2.26. The van der Waals surface area contributed by atoms with Gasteiger partial charge in [-0.2, -0.15) is 0 Å². The number of likely N-dealkylation sites (tertiary alicyclic amines) is 1. The lowest BCUT2D eigenvalue weighted by Gasteiger charge is -2.16. The second kappa shape index (κ2) is 7.78. The van der Waals surface area contributed by atoms with Crippen LogP contribution in [0.2, 0.25) is 0 Å². The molecule has 1 aromatic rings. The van der Waals surface area contributed by atoms with Crippen LogP contribution in [-0.4, -0.2) is 50.4 Å². The summed E-state index contributed by atoms with van der Waals surface area (Å²) in [7, 11) is 0. The molecule has 1 heterocycles. The van der Waals surface area contributed by atoms with Crippen molar-refractivity contribution in [3.05, 3.63) is 23.8 Å². The Balaban J connectivity index is 1.99. The maximum Gasteiger partial charge on any atom is 0.338 e. The van der Waals surface area contributed by atoms with Crippen LogP contribution in [0.3, 0.4) is 0 Å². The Hall–Kier alpha value is -1.88. The third-order valence-electron chi connectivity index (χ3n) is 3.62. The smallest absolute Gasteiger partial charge is 0.338 e. The summed E-state index contributed by atoms with van der Waals surface area (Å²) in [5, 5.41) is 3.35. The van der Waals surface area contributed by atoms with Crippen molar-refractivity contribution in [3.63, 3.8) is 0 Å². The Bertz CT molecular complexity index is 496. The van der Waals surface area contributed by atoms with Crippen molar-refractivity contribution in [1.82, 2.24) is 4.90 Å². The molecule has 0 aromatic heterocycles. The Morgan fingerprint density at radius 2 is 2.19 bits per heavy atom. The van der Waals surface area contributed by atoms with Gasteiger partial charge in [-0.1, -0.05) is 0 Å². The summed E-state index contributed by atoms with van der Waals surface area (Å²) in [6, 6.07) is 5.29. The minimum atomic E-state index is -0.310. The summed E-state index contributed by atoms with van der Waals surface area (Å²) in [5.74, 6) is -0.310. The van der Waals surface area contributed by atoms with Gasteiger partial charge < -0.3 is 15.0 Å². The quantitative estimate of drug-likeness (QED) is 0.619. The van der Waals surface area contributed by atoms with Gasteiger partial charge in [-0.3, -0.25) is 4.99 Å². The number of nitrogens with zero attached hydrogens (tertiary/aromatic N) is 2. The van der Waals surface area contributed by atoms with E-state index in [2.05, 4.69) is 21.9 Å². The van der Waals surface area contributed by atoms with Crippen molar-refractivity contribution < 1.29 is 9.53 Å². The first-order valence-electron chi connectivity index (χ1n) is 7.48. The number of benzene rings is 1. The summed E-state index contributed by atoms with van der Waals surface area (Å²) in [6.45, 7) is 9.93. The molecule has 0 spiro atoms. The summed E-state index contributed by atoms with van der Waals surface area (Å²) >= 11 is 0. The van der Waals surface area contributed by atoms with Crippen LogP contribution in [-0.2, 0) is 4.74 Å². The van der Waals surface area contributed by atoms with Gasteiger partial charge in [0.15, 0.2) is 0 Å². The van der Waals surface area contributed by atoms with Crippen molar-refractivity contribution in [3.8, 4) is 0 Å².